The Labute approximate surface area is 134 Å². The summed E-state index contributed by atoms with van der Waals surface area (Å²) in [6.45, 7) is 1.99. The molecule has 1 aromatic carbocycles. The summed E-state index contributed by atoms with van der Waals surface area (Å²) in [5.74, 6) is 0. The van der Waals surface area contributed by atoms with E-state index in [1.807, 2.05) is 13.0 Å². The Morgan fingerprint density at radius 1 is 1.29 bits per heavy atom. The number of nitrogens with two attached hydrogens (primary N) is 1. The molecule has 1 heterocycles. The number of sulfonamides is 1. The van der Waals surface area contributed by atoms with Gasteiger partial charge in [-0.1, -0.05) is 31.3 Å². The molecule has 0 aliphatic carbocycles. The first-order chi connectivity index (χ1) is 9.87. The third-order valence-corrected chi connectivity index (χ3v) is 6.80. The number of thiocarbonyl (C=S) groups is 1. The number of para-hydroxylation sites is 1. The van der Waals surface area contributed by atoms with Crippen molar-refractivity contribution in [3.8, 4) is 0 Å². The van der Waals surface area contributed by atoms with E-state index in [-0.39, 0.29) is 4.99 Å². The Hall–Kier alpha value is -1.44. The average Bonchev–Trinajstić information content (AvgIpc) is 2.96. The zero-order valence-corrected chi connectivity index (χ0v) is 14.2. The summed E-state index contributed by atoms with van der Waals surface area (Å²) < 4.78 is 26.9. The molecule has 0 unspecified atom stereocenters. The summed E-state index contributed by atoms with van der Waals surface area (Å²) in [6, 6.07) is 10.4. The number of thiophene rings is 1. The average molecular weight is 340 g/mol. The quantitative estimate of drug-likeness (QED) is 0.850. The van der Waals surface area contributed by atoms with Crippen LogP contribution in [0.3, 0.4) is 0 Å². The lowest BCUT2D eigenvalue weighted by molar-refractivity contribution is 0.596. The first kappa shape index (κ1) is 15.9. The molecular formula is C14H16N2O2S3. The van der Waals surface area contributed by atoms with Gasteiger partial charge in [-0.2, -0.15) is 0 Å². The molecule has 112 valence electrons. The number of nitrogens with zero attached hydrogens (tertiary/aromatic N) is 1. The van der Waals surface area contributed by atoms with Crippen LogP contribution in [0.5, 0.6) is 0 Å². The number of hydrogen-bond donors (Lipinski definition) is 1. The molecule has 7 heteroatoms. The molecule has 0 atom stereocenters. The highest BCUT2D eigenvalue weighted by Crippen LogP contribution is 2.29. The van der Waals surface area contributed by atoms with E-state index in [9.17, 15) is 8.42 Å². The molecule has 0 fully saturated rings. The van der Waals surface area contributed by atoms with Crippen LogP contribution in [0.15, 0.2) is 40.6 Å². The van der Waals surface area contributed by atoms with Gasteiger partial charge in [0.15, 0.2) is 0 Å². The summed E-state index contributed by atoms with van der Waals surface area (Å²) in [4.78, 5) is 1.21. The highest BCUT2D eigenvalue weighted by atomic mass is 32.2. The lowest BCUT2D eigenvalue weighted by atomic mass is 10.2. The van der Waals surface area contributed by atoms with Gasteiger partial charge in [0, 0.05) is 17.5 Å². The van der Waals surface area contributed by atoms with E-state index >= 15 is 0 Å². The molecule has 0 spiro atoms. The van der Waals surface area contributed by atoms with E-state index in [1.54, 1.807) is 30.3 Å². The third kappa shape index (κ3) is 3.09. The number of rotatable bonds is 5. The number of hydrogen-bond acceptors (Lipinski definition) is 4. The van der Waals surface area contributed by atoms with Crippen molar-refractivity contribution in [3.63, 3.8) is 0 Å². The molecule has 0 saturated heterocycles. The van der Waals surface area contributed by atoms with Crippen molar-refractivity contribution in [3.05, 3.63) is 46.8 Å². The van der Waals surface area contributed by atoms with Crippen molar-refractivity contribution in [2.45, 2.75) is 17.6 Å². The first-order valence-corrected chi connectivity index (χ1v) is 9.01. The molecule has 0 aliphatic heterocycles. The standard InChI is InChI=1S/C14H16N2O2S3/c1-3-10-8-9-13(20-10)21(17,18)16(2)12-7-5-4-6-11(12)14(15)19/h4-9H,3H2,1-2H3,(H2,15,19). The highest BCUT2D eigenvalue weighted by molar-refractivity contribution is 7.94. The molecule has 0 aliphatic rings. The lowest BCUT2D eigenvalue weighted by Gasteiger charge is -2.21. The van der Waals surface area contributed by atoms with Crippen LogP contribution in [0.25, 0.3) is 0 Å². The SMILES string of the molecule is CCc1ccc(S(=O)(=O)N(C)c2ccccc2C(N)=S)s1. The molecule has 0 amide bonds. The normalized spacial score (nSPS) is 11.3. The maximum absolute atomic E-state index is 12.7. The van der Waals surface area contributed by atoms with Crippen molar-refractivity contribution in [1.82, 2.24) is 0 Å². The molecule has 21 heavy (non-hydrogen) atoms. The smallest absolute Gasteiger partial charge is 0.273 e. The Balaban J connectivity index is 2.48. The Morgan fingerprint density at radius 3 is 2.52 bits per heavy atom. The fraction of sp³-hybridized carbons (Fsp3) is 0.214. The largest absolute Gasteiger partial charge is 0.389 e. The molecule has 4 nitrogen and oxygen atoms in total. The fourth-order valence-electron chi connectivity index (χ4n) is 1.91. The van der Waals surface area contributed by atoms with E-state index in [0.29, 0.717) is 15.5 Å². The molecule has 0 saturated carbocycles. The lowest BCUT2D eigenvalue weighted by Crippen LogP contribution is -2.28. The zero-order chi connectivity index (χ0) is 15.6. The molecule has 1 aromatic heterocycles. The number of aryl methyl sites for hydroxylation is 1. The molecular weight excluding hydrogens is 324 g/mol. The Morgan fingerprint density at radius 2 is 1.95 bits per heavy atom. The van der Waals surface area contributed by atoms with Crippen LogP contribution in [-0.2, 0) is 16.4 Å². The van der Waals surface area contributed by atoms with Crippen molar-refractivity contribution in [2.75, 3.05) is 11.4 Å². The minimum absolute atomic E-state index is 0.174. The summed E-state index contributed by atoms with van der Waals surface area (Å²) in [7, 11) is -2.09. The molecule has 2 N–H and O–H groups in total. The van der Waals surface area contributed by atoms with Gasteiger partial charge in [-0.25, -0.2) is 8.42 Å². The first-order valence-electron chi connectivity index (χ1n) is 6.34. The van der Waals surface area contributed by atoms with Gasteiger partial charge in [-0.3, -0.25) is 4.31 Å². The Kier molecular flexibility index (Phi) is 4.65. The van der Waals surface area contributed by atoms with E-state index in [4.69, 9.17) is 18.0 Å². The minimum Gasteiger partial charge on any atom is -0.389 e. The van der Waals surface area contributed by atoms with Crippen molar-refractivity contribution >= 4 is 44.3 Å². The van der Waals surface area contributed by atoms with E-state index in [2.05, 4.69) is 0 Å². The summed E-state index contributed by atoms with van der Waals surface area (Å²) >= 11 is 6.27. The van der Waals surface area contributed by atoms with Crippen LogP contribution in [0.1, 0.15) is 17.4 Å². The Bertz CT molecular complexity index is 766. The fourth-order valence-corrected chi connectivity index (χ4v) is 4.76. The van der Waals surface area contributed by atoms with Crippen molar-refractivity contribution in [1.29, 1.82) is 0 Å². The third-order valence-electron chi connectivity index (χ3n) is 3.11. The van der Waals surface area contributed by atoms with E-state index in [1.165, 1.54) is 22.7 Å². The molecule has 2 aromatic rings. The molecule has 0 bridgehead atoms. The van der Waals surface area contributed by atoms with Crippen LogP contribution < -0.4 is 10.0 Å². The summed E-state index contributed by atoms with van der Waals surface area (Å²) in [5, 5.41) is 0. The second-order valence-corrected chi connectivity index (χ2v) is 8.23. The second-order valence-electron chi connectivity index (χ2n) is 4.43. The summed E-state index contributed by atoms with van der Waals surface area (Å²) in [5.41, 5.74) is 6.70. The van der Waals surface area contributed by atoms with E-state index in [0.717, 1.165) is 11.3 Å². The van der Waals surface area contributed by atoms with Gasteiger partial charge in [0.1, 0.15) is 9.20 Å². The van der Waals surface area contributed by atoms with Crippen molar-refractivity contribution < 1.29 is 8.42 Å². The van der Waals surface area contributed by atoms with Crippen LogP contribution in [0, 0.1) is 0 Å². The second kappa shape index (κ2) is 6.13. The minimum atomic E-state index is -3.60. The van der Waals surface area contributed by atoms with Gasteiger partial charge in [0.2, 0.25) is 0 Å². The van der Waals surface area contributed by atoms with Gasteiger partial charge in [0.05, 0.1) is 5.69 Å². The van der Waals surface area contributed by atoms with Crippen LogP contribution in [-0.4, -0.2) is 20.5 Å². The van der Waals surface area contributed by atoms with Gasteiger partial charge in [-0.15, -0.1) is 11.3 Å². The maximum Gasteiger partial charge on any atom is 0.273 e. The predicted octanol–water partition coefficient (Wildman–Crippen LogP) is 2.77. The van der Waals surface area contributed by atoms with Crippen molar-refractivity contribution in [2.24, 2.45) is 5.73 Å². The van der Waals surface area contributed by atoms with Gasteiger partial charge >= 0.3 is 0 Å². The number of benzene rings is 1. The monoisotopic (exact) mass is 340 g/mol. The van der Waals surface area contributed by atoms with Gasteiger partial charge in [-0.05, 0) is 30.7 Å². The van der Waals surface area contributed by atoms with Gasteiger partial charge < -0.3 is 5.73 Å². The van der Waals surface area contributed by atoms with E-state index < -0.39 is 10.0 Å². The summed E-state index contributed by atoms with van der Waals surface area (Å²) in [6.07, 6.45) is 0.813. The molecule has 0 radical (unpaired) electrons. The van der Waals surface area contributed by atoms with Crippen LogP contribution >= 0.6 is 23.6 Å². The van der Waals surface area contributed by atoms with Crippen LogP contribution in [0.4, 0.5) is 5.69 Å². The highest BCUT2D eigenvalue weighted by Gasteiger charge is 2.25. The van der Waals surface area contributed by atoms with Gasteiger partial charge in [0.25, 0.3) is 10.0 Å². The van der Waals surface area contributed by atoms with Crippen LogP contribution in [0.2, 0.25) is 0 Å². The topological polar surface area (TPSA) is 63.4 Å². The molecule has 2 rings (SSSR count). The maximum atomic E-state index is 12.7. The number of anilines is 1. The zero-order valence-electron chi connectivity index (χ0n) is 11.7. The predicted molar refractivity (Wildman–Crippen MR) is 91.6 cm³/mol.